The number of carbonyl (C=O) groups is 2. The molecule has 0 N–H and O–H groups in total. The zero-order valence-electron chi connectivity index (χ0n) is 19.7. The van der Waals surface area contributed by atoms with Crippen LogP contribution in [0.2, 0.25) is 0 Å². The van der Waals surface area contributed by atoms with Gasteiger partial charge >= 0.3 is 5.97 Å². The molecule has 2 aromatic heterocycles. The molecule has 7 nitrogen and oxygen atoms in total. The smallest absolute Gasteiger partial charge is 0.348 e. The van der Waals surface area contributed by atoms with E-state index in [-0.39, 0.29) is 22.9 Å². The summed E-state index contributed by atoms with van der Waals surface area (Å²) in [5, 5.41) is 0.575. The summed E-state index contributed by atoms with van der Waals surface area (Å²) in [5.41, 5.74) is 1.92. The second kappa shape index (κ2) is 9.20. The van der Waals surface area contributed by atoms with Crippen LogP contribution >= 0.6 is 0 Å². The lowest BCUT2D eigenvalue weighted by molar-refractivity contribution is 0.0736. The second-order valence-electron chi connectivity index (χ2n) is 8.27. The number of esters is 1. The fourth-order valence-corrected chi connectivity index (χ4v) is 4.22. The first-order valence-electron chi connectivity index (χ1n) is 11.7. The maximum Gasteiger partial charge on any atom is 0.348 e. The van der Waals surface area contributed by atoms with E-state index < -0.39 is 5.97 Å². The van der Waals surface area contributed by atoms with Crippen molar-refractivity contribution in [2.75, 3.05) is 6.61 Å². The van der Waals surface area contributed by atoms with Crippen LogP contribution in [0.4, 0.5) is 0 Å². The van der Waals surface area contributed by atoms with E-state index in [1.165, 1.54) is 18.4 Å². The Hall–Kier alpha value is -5.04. The average molecular weight is 492 g/mol. The van der Waals surface area contributed by atoms with Crippen LogP contribution in [0.15, 0.2) is 99.7 Å². The normalized spacial score (nSPS) is 13.5. The standard InChI is InChI=1S/C30H20O7/c1-2-33-20-11-13-24-23(15-20)27(29(37-24)18-7-4-3-5-8-18)30(32)35-21-10-12-22-25(17-21)36-26(28(22)31)16-19-9-6-14-34-19/h3-17H,2H2,1H3. The maximum atomic E-state index is 13.5. The van der Waals surface area contributed by atoms with Gasteiger partial charge in [0.15, 0.2) is 5.76 Å². The van der Waals surface area contributed by atoms with Gasteiger partial charge in [-0.3, -0.25) is 4.79 Å². The summed E-state index contributed by atoms with van der Waals surface area (Å²) in [6.07, 6.45) is 3.03. The number of allylic oxidation sites excluding steroid dienone is 1. The first kappa shape index (κ1) is 22.4. The van der Waals surface area contributed by atoms with Crippen LogP contribution in [0.25, 0.3) is 28.4 Å². The van der Waals surface area contributed by atoms with Crippen molar-refractivity contribution in [3.8, 4) is 28.6 Å². The van der Waals surface area contributed by atoms with Crippen molar-refractivity contribution in [3.63, 3.8) is 0 Å². The first-order valence-corrected chi connectivity index (χ1v) is 11.7. The number of benzene rings is 3. The third-order valence-corrected chi connectivity index (χ3v) is 5.88. The van der Waals surface area contributed by atoms with Gasteiger partial charge in [-0.15, -0.1) is 0 Å². The molecule has 0 saturated heterocycles. The number of rotatable bonds is 6. The van der Waals surface area contributed by atoms with Crippen molar-refractivity contribution >= 4 is 28.8 Å². The molecule has 0 aliphatic carbocycles. The molecule has 0 radical (unpaired) electrons. The summed E-state index contributed by atoms with van der Waals surface area (Å²) >= 11 is 0. The number of hydrogen-bond acceptors (Lipinski definition) is 7. The Morgan fingerprint density at radius 2 is 1.78 bits per heavy atom. The maximum absolute atomic E-state index is 13.5. The van der Waals surface area contributed by atoms with Crippen LogP contribution in [-0.4, -0.2) is 18.4 Å². The van der Waals surface area contributed by atoms with E-state index in [9.17, 15) is 9.59 Å². The molecule has 6 rings (SSSR count). The van der Waals surface area contributed by atoms with Crippen LogP contribution in [0.1, 0.15) is 33.4 Å². The molecular formula is C30H20O7. The van der Waals surface area contributed by atoms with E-state index in [2.05, 4.69) is 0 Å². The predicted octanol–water partition coefficient (Wildman–Crippen LogP) is 6.93. The van der Waals surface area contributed by atoms with E-state index in [4.69, 9.17) is 23.0 Å². The molecule has 0 spiro atoms. The molecule has 3 heterocycles. The number of Topliss-reactive ketones (excluding diaryl/α,β-unsaturated/α-hetero) is 1. The lowest BCUT2D eigenvalue weighted by atomic mass is 10.1. The highest BCUT2D eigenvalue weighted by molar-refractivity contribution is 6.14. The van der Waals surface area contributed by atoms with Gasteiger partial charge in [0.1, 0.15) is 39.9 Å². The van der Waals surface area contributed by atoms with Crippen LogP contribution in [0, 0.1) is 0 Å². The van der Waals surface area contributed by atoms with Gasteiger partial charge in [-0.05, 0) is 49.4 Å². The monoisotopic (exact) mass is 492 g/mol. The minimum Gasteiger partial charge on any atom is -0.494 e. The quantitative estimate of drug-likeness (QED) is 0.144. The molecule has 37 heavy (non-hydrogen) atoms. The Kier molecular flexibility index (Phi) is 5.58. The van der Waals surface area contributed by atoms with Crippen LogP contribution < -0.4 is 14.2 Å². The molecule has 7 heteroatoms. The predicted molar refractivity (Wildman–Crippen MR) is 136 cm³/mol. The third kappa shape index (κ3) is 4.16. The van der Waals surface area contributed by atoms with Gasteiger partial charge in [-0.2, -0.15) is 0 Å². The molecular weight excluding hydrogens is 472 g/mol. The van der Waals surface area contributed by atoms with Gasteiger partial charge in [0.2, 0.25) is 5.78 Å². The summed E-state index contributed by atoms with van der Waals surface area (Å²) in [6, 6.07) is 22.8. The lowest BCUT2D eigenvalue weighted by Gasteiger charge is -2.07. The van der Waals surface area contributed by atoms with Gasteiger partial charge in [0.05, 0.1) is 18.4 Å². The van der Waals surface area contributed by atoms with Gasteiger partial charge in [-0.1, -0.05) is 30.3 Å². The Labute approximate surface area is 211 Å². The van der Waals surface area contributed by atoms with Gasteiger partial charge in [-0.25, -0.2) is 4.79 Å². The van der Waals surface area contributed by atoms with E-state index in [1.54, 1.807) is 42.5 Å². The SMILES string of the molecule is CCOc1ccc2oc(-c3ccccc3)c(C(=O)Oc3ccc4c(c3)OC(=Cc3ccco3)C4=O)c2c1. The van der Waals surface area contributed by atoms with Crippen LogP contribution in [-0.2, 0) is 0 Å². The summed E-state index contributed by atoms with van der Waals surface area (Å²) in [5.74, 6) is 1.27. The molecule has 0 unspecified atom stereocenters. The molecule has 3 aromatic carbocycles. The minimum atomic E-state index is -0.609. The number of fused-ring (bicyclic) bond motifs is 2. The number of furan rings is 2. The van der Waals surface area contributed by atoms with Crippen LogP contribution in [0.5, 0.6) is 17.2 Å². The second-order valence-corrected chi connectivity index (χ2v) is 8.27. The molecule has 0 atom stereocenters. The molecule has 5 aromatic rings. The van der Waals surface area contributed by atoms with Crippen molar-refractivity contribution < 1.29 is 32.6 Å². The van der Waals surface area contributed by atoms with Crippen LogP contribution in [0.3, 0.4) is 0 Å². The number of ether oxygens (including phenoxy) is 3. The van der Waals surface area contributed by atoms with Crippen molar-refractivity contribution in [3.05, 3.63) is 108 Å². The lowest BCUT2D eigenvalue weighted by Crippen LogP contribution is -2.09. The Morgan fingerprint density at radius 3 is 2.57 bits per heavy atom. The van der Waals surface area contributed by atoms with Crippen molar-refractivity contribution in [2.45, 2.75) is 6.92 Å². The van der Waals surface area contributed by atoms with Crippen molar-refractivity contribution in [2.24, 2.45) is 0 Å². The van der Waals surface area contributed by atoms with E-state index >= 15 is 0 Å². The fourth-order valence-electron chi connectivity index (χ4n) is 4.22. The summed E-state index contributed by atoms with van der Waals surface area (Å²) in [4.78, 5) is 26.2. The molecule has 1 aliphatic rings. The minimum absolute atomic E-state index is 0.129. The fraction of sp³-hybridized carbons (Fsp3) is 0.0667. The Bertz CT molecular complexity index is 1660. The molecule has 0 fully saturated rings. The largest absolute Gasteiger partial charge is 0.494 e. The zero-order chi connectivity index (χ0) is 25.4. The van der Waals surface area contributed by atoms with E-state index in [0.29, 0.717) is 46.2 Å². The molecule has 0 bridgehead atoms. The number of ketones is 1. The highest BCUT2D eigenvalue weighted by atomic mass is 16.5. The number of carbonyl (C=O) groups excluding carboxylic acids is 2. The Balaban J connectivity index is 1.35. The summed E-state index contributed by atoms with van der Waals surface area (Å²) in [7, 11) is 0. The molecule has 1 aliphatic heterocycles. The summed E-state index contributed by atoms with van der Waals surface area (Å²) in [6.45, 7) is 2.37. The molecule has 0 amide bonds. The van der Waals surface area contributed by atoms with Gasteiger partial charge in [0.25, 0.3) is 0 Å². The van der Waals surface area contributed by atoms with E-state index in [0.717, 1.165) is 5.56 Å². The first-order chi connectivity index (χ1) is 18.1. The van der Waals surface area contributed by atoms with Gasteiger partial charge < -0.3 is 23.0 Å². The topological polar surface area (TPSA) is 88.1 Å². The zero-order valence-corrected chi connectivity index (χ0v) is 19.7. The van der Waals surface area contributed by atoms with E-state index in [1.807, 2.05) is 37.3 Å². The summed E-state index contributed by atoms with van der Waals surface area (Å²) < 4.78 is 28.5. The third-order valence-electron chi connectivity index (χ3n) is 5.88. The van der Waals surface area contributed by atoms with Gasteiger partial charge in [0, 0.05) is 23.1 Å². The number of hydrogen-bond donors (Lipinski definition) is 0. The Morgan fingerprint density at radius 1 is 0.946 bits per heavy atom. The average Bonchev–Trinajstić information content (AvgIpc) is 3.63. The molecule has 0 saturated carbocycles. The van der Waals surface area contributed by atoms with Crippen molar-refractivity contribution in [1.29, 1.82) is 0 Å². The highest BCUT2D eigenvalue weighted by Crippen LogP contribution is 2.38. The molecule has 182 valence electrons. The van der Waals surface area contributed by atoms with Crippen molar-refractivity contribution in [1.82, 2.24) is 0 Å². The highest BCUT2D eigenvalue weighted by Gasteiger charge is 2.29.